The Morgan fingerprint density at radius 1 is 1.17 bits per heavy atom. The van der Waals surface area contributed by atoms with E-state index in [4.69, 9.17) is 4.74 Å². The first-order chi connectivity index (χ1) is 8.72. The zero-order valence-corrected chi connectivity index (χ0v) is 12.6. The van der Waals surface area contributed by atoms with Gasteiger partial charge in [-0.3, -0.25) is 0 Å². The fourth-order valence-corrected chi connectivity index (χ4v) is 3.16. The molecule has 0 saturated heterocycles. The lowest BCUT2D eigenvalue weighted by Gasteiger charge is -2.37. The van der Waals surface area contributed by atoms with Gasteiger partial charge in [0.2, 0.25) is 0 Å². The predicted octanol–water partition coefficient (Wildman–Crippen LogP) is 2.51. The molecule has 108 valence electrons. The van der Waals surface area contributed by atoms with E-state index < -0.39 is 0 Å². The number of rotatable bonds is 8. The van der Waals surface area contributed by atoms with Gasteiger partial charge >= 0.3 is 0 Å². The number of likely N-dealkylation sites (N-methyl/N-ethyl adjacent to an activating group) is 1. The summed E-state index contributed by atoms with van der Waals surface area (Å²) in [4.78, 5) is 2.45. The molecule has 1 aliphatic carbocycles. The van der Waals surface area contributed by atoms with Gasteiger partial charge in [-0.25, -0.2) is 0 Å². The molecule has 1 rings (SSSR count). The smallest absolute Gasteiger partial charge is 0.0589 e. The molecule has 0 radical (unpaired) electrons. The first-order valence-corrected chi connectivity index (χ1v) is 7.61. The molecule has 1 aliphatic rings. The van der Waals surface area contributed by atoms with Crippen molar-refractivity contribution in [1.29, 1.82) is 0 Å². The third kappa shape index (κ3) is 5.68. The summed E-state index contributed by atoms with van der Waals surface area (Å²) in [5, 5.41) is 3.59. The Labute approximate surface area is 113 Å². The second-order valence-electron chi connectivity index (χ2n) is 5.93. The van der Waals surface area contributed by atoms with E-state index in [1.54, 1.807) is 7.11 Å². The van der Waals surface area contributed by atoms with Gasteiger partial charge in [0.15, 0.2) is 0 Å². The van der Waals surface area contributed by atoms with Crippen molar-refractivity contribution >= 4 is 0 Å². The van der Waals surface area contributed by atoms with Crippen molar-refractivity contribution in [1.82, 2.24) is 10.2 Å². The largest absolute Gasteiger partial charge is 0.383 e. The Hall–Kier alpha value is -0.120. The maximum atomic E-state index is 5.18. The second-order valence-corrected chi connectivity index (χ2v) is 5.93. The Morgan fingerprint density at radius 2 is 1.83 bits per heavy atom. The van der Waals surface area contributed by atoms with E-state index in [0.29, 0.717) is 5.41 Å². The number of hydrogen-bond acceptors (Lipinski definition) is 3. The van der Waals surface area contributed by atoms with Crippen LogP contribution in [0, 0.1) is 5.41 Å². The molecule has 0 aromatic heterocycles. The predicted molar refractivity (Wildman–Crippen MR) is 78.1 cm³/mol. The SMILES string of the molecule is CCNCC1(CN(C)CCOC)CCCCCC1. The van der Waals surface area contributed by atoms with Crippen LogP contribution in [0.4, 0.5) is 0 Å². The van der Waals surface area contributed by atoms with E-state index in [1.165, 1.54) is 51.6 Å². The van der Waals surface area contributed by atoms with E-state index in [9.17, 15) is 0 Å². The fraction of sp³-hybridized carbons (Fsp3) is 1.00. The van der Waals surface area contributed by atoms with Crippen LogP contribution in [-0.2, 0) is 4.74 Å². The second kappa shape index (κ2) is 8.89. The molecule has 18 heavy (non-hydrogen) atoms. The molecule has 0 aromatic rings. The molecule has 0 spiro atoms. The molecule has 3 heteroatoms. The van der Waals surface area contributed by atoms with E-state index in [-0.39, 0.29) is 0 Å². The summed E-state index contributed by atoms with van der Waals surface area (Å²) in [6.45, 7) is 7.57. The summed E-state index contributed by atoms with van der Waals surface area (Å²) >= 11 is 0. The van der Waals surface area contributed by atoms with Gasteiger partial charge in [0.05, 0.1) is 6.61 Å². The van der Waals surface area contributed by atoms with Crippen LogP contribution in [0.25, 0.3) is 0 Å². The van der Waals surface area contributed by atoms with Crippen LogP contribution in [0.15, 0.2) is 0 Å². The van der Waals surface area contributed by atoms with Crippen molar-refractivity contribution < 1.29 is 4.74 Å². The molecule has 0 unspecified atom stereocenters. The molecule has 3 nitrogen and oxygen atoms in total. The maximum absolute atomic E-state index is 5.18. The van der Waals surface area contributed by atoms with Gasteiger partial charge in [0.25, 0.3) is 0 Å². The molecule has 0 atom stereocenters. The van der Waals surface area contributed by atoms with E-state index in [2.05, 4.69) is 24.2 Å². The Bertz CT molecular complexity index is 201. The third-order valence-electron chi connectivity index (χ3n) is 4.20. The molecule has 0 amide bonds. The lowest BCUT2D eigenvalue weighted by Crippen LogP contribution is -2.43. The minimum absolute atomic E-state index is 0.495. The summed E-state index contributed by atoms with van der Waals surface area (Å²) in [5.41, 5.74) is 0.495. The zero-order chi connectivity index (χ0) is 13.3. The van der Waals surface area contributed by atoms with Crippen molar-refractivity contribution in [3.05, 3.63) is 0 Å². The third-order valence-corrected chi connectivity index (χ3v) is 4.20. The molecule has 0 aromatic carbocycles. The highest BCUT2D eigenvalue weighted by molar-refractivity contribution is 4.86. The van der Waals surface area contributed by atoms with E-state index in [1.807, 2.05) is 0 Å². The Kier molecular flexibility index (Phi) is 7.87. The van der Waals surface area contributed by atoms with E-state index in [0.717, 1.165) is 19.7 Å². The topological polar surface area (TPSA) is 24.5 Å². The molecule has 0 heterocycles. The molecule has 0 aliphatic heterocycles. The van der Waals surface area contributed by atoms with Crippen molar-refractivity contribution in [2.75, 3.05) is 46.9 Å². The van der Waals surface area contributed by atoms with Crippen LogP contribution >= 0.6 is 0 Å². The normalized spacial score (nSPS) is 20.0. The van der Waals surface area contributed by atoms with Gasteiger partial charge in [-0.2, -0.15) is 0 Å². The number of ether oxygens (including phenoxy) is 1. The van der Waals surface area contributed by atoms with E-state index >= 15 is 0 Å². The molecule has 1 fully saturated rings. The first kappa shape index (κ1) is 15.9. The maximum Gasteiger partial charge on any atom is 0.0589 e. The van der Waals surface area contributed by atoms with Crippen molar-refractivity contribution in [3.63, 3.8) is 0 Å². The van der Waals surface area contributed by atoms with Gasteiger partial charge in [-0.05, 0) is 31.8 Å². The first-order valence-electron chi connectivity index (χ1n) is 7.61. The quantitative estimate of drug-likeness (QED) is 0.675. The van der Waals surface area contributed by atoms with Crippen LogP contribution in [-0.4, -0.2) is 51.8 Å². The number of methoxy groups -OCH3 is 1. The standard InChI is InChI=1S/C15H32N2O/c1-4-16-13-15(9-7-5-6-8-10-15)14-17(2)11-12-18-3/h16H,4-14H2,1-3H3. The highest BCUT2D eigenvalue weighted by Gasteiger charge is 2.31. The fourth-order valence-electron chi connectivity index (χ4n) is 3.16. The van der Waals surface area contributed by atoms with Gasteiger partial charge < -0.3 is 15.0 Å². The van der Waals surface area contributed by atoms with Crippen LogP contribution in [0.5, 0.6) is 0 Å². The molecule has 1 N–H and O–H groups in total. The summed E-state index contributed by atoms with van der Waals surface area (Å²) < 4.78 is 5.18. The van der Waals surface area contributed by atoms with Gasteiger partial charge in [0.1, 0.15) is 0 Å². The number of nitrogens with zero attached hydrogens (tertiary/aromatic N) is 1. The van der Waals surface area contributed by atoms with Crippen molar-refractivity contribution in [3.8, 4) is 0 Å². The number of nitrogens with one attached hydrogen (secondary N) is 1. The lowest BCUT2D eigenvalue weighted by molar-refractivity contribution is 0.111. The Balaban J connectivity index is 2.51. The minimum atomic E-state index is 0.495. The molecular weight excluding hydrogens is 224 g/mol. The average Bonchev–Trinajstić information content (AvgIpc) is 2.60. The number of hydrogen-bond donors (Lipinski definition) is 1. The summed E-state index contributed by atoms with van der Waals surface area (Å²) in [7, 11) is 4.02. The Morgan fingerprint density at radius 3 is 2.39 bits per heavy atom. The molecule has 0 bridgehead atoms. The van der Waals surface area contributed by atoms with Crippen molar-refractivity contribution in [2.45, 2.75) is 45.4 Å². The highest BCUT2D eigenvalue weighted by atomic mass is 16.5. The van der Waals surface area contributed by atoms with Gasteiger partial charge in [-0.15, -0.1) is 0 Å². The summed E-state index contributed by atoms with van der Waals surface area (Å²) in [6.07, 6.45) is 8.44. The van der Waals surface area contributed by atoms with Gasteiger partial charge in [-0.1, -0.05) is 32.6 Å². The van der Waals surface area contributed by atoms with Crippen molar-refractivity contribution in [2.24, 2.45) is 5.41 Å². The lowest BCUT2D eigenvalue weighted by atomic mass is 9.79. The van der Waals surface area contributed by atoms with Crippen LogP contribution in [0.2, 0.25) is 0 Å². The van der Waals surface area contributed by atoms with Gasteiger partial charge in [0, 0.05) is 26.7 Å². The minimum Gasteiger partial charge on any atom is -0.383 e. The van der Waals surface area contributed by atoms with Crippen LogP contribution < -0.4 is 5.32 Å². The monoisotopic (exact) mass is 256 g/mol. The molecule has 1 saturated carbocycles. The van der Waals surface area contributed by atoms with Crippen LogP contribution in [0.1, 0.15) is 45.4 Å². The summed E-state index contributed by atoms with van der Waals surface area (Å²) in [6, 6.07) is 0. The average molecular weight is 256 g/mol. The molecular formula is C15H32N2O. The zero-order valence-electron chi connectivity index (χ0n) is 12.6. The van der Waals surface area contributed by atoms with Crippen LogP contribution in [0.3, 0.4) is 0 Å². The summed E-state index contributed by atoms with van der Waals surface area (Å²) in [5.74, 6) is 0. The highest BCUT2D eigenvalue weighted by Crippen LogP contribution is 2.35.